The number of barbiturate groups is 1. The molecule has 0 radical (unpaired) electrons. The number of amides is 4. The summed E-state index contributed by atoms with van der Waals surface area (Å²) in [6.07, 6.45) is 8.52. The second kappa shape index (κ2) is 5.19. The lowest BCUT2D eigenvalue weighted by Gasteiger charge is -2.41. The van der Waals surface area contributed by atoms with Crippen LogP contribution in [0.2, 0.25) is 0 Å². The fraction of sp³-hybridized carbons (Fsp3) is 0.800. The first-order valence-corrected chi connectivity index (χ1v) is 7.81. The molecule has 1 heterocycles. The molecule has 0 aromatic carbocycles. The van der Waals surface area contributed by atoms with Crippen LogP contribution >= 0.6 is 0 Å². The molecule has 1 saturated heterocycles. The summed E-state index contributed by atoms with van der Waals surface area (Å²) in [4.78, 5) is 38.0. The molecule has 110 valence electrons. The van der Waals surface area contributed by atoms with Gasteiger partial charge in [0.1, 0.15) is 5.41 Å². The Balaban J connectivity index is 1.69. The first-order chi connectivity index (χ1) is 9.63. The Labute approximate surface area is 119 Å². The molecule has 2 aliphatic carbocycles. The van der Waals surface area contributed by atoms with Gasteiger partial charge in [-0.1, -0.05) is 32.1 Å². The maximum absolute atomic E-state index is 12.7. The van der Waals surface area contributed by atoms with Crippen LogP contribution in [0.4, 0.5) is 4.79 Å². The number of carbonyl (C=O) groups is 3. The number of nitrogens with zero attached hydrogens (tertiary/aromatic N) is 1. The molecule has 0 unspecified atom stereocenters. The van der Waals surface area contributed by atoms with E-state index in [4.69, 9.17) is 0 Å². The van der Waals surface area contributed by atoms with Crippen LogP contribution in [-0.4, -0.2) is 29.3 Å². The smallest absolute Gasteiger partial charge is 0.277 e. The number of carbonyl (C=O) groups excluding carboxylic acids is 3. The van der Waals surface area contributed by atoms with E-state index < -0.39 is 11.4 Å². The van der Waals surface area contributed by atoms with E-state index in [0.29, 0.717) is 19.4 Å². The lowest BCUT2D eigenvalue weighted by molar-refractivity contribution is -0.153. The molecule has 0 aromatic heterocycles. The normalized spacial score (nSPS) is 26.0. The summed E-state index contributed by atoms with van der Waals surface area (Å²) in [6, 6.07) is -0.521. The first kappa shape index (κ1) is 13.6. The Bertz CT molecular complexity index is 436. The lowest BCUT2D eigenvalue weighted by Crippen LogP contribution is -2.64. The third-order valence-electron chi connectivity index (χ3n) is 4.95. The summed E-state index contributed by atoms with van der Waals surface area (Å²) < 4.78 is 0. The third kappa shape index (κ3) is 2.34. The molecule has 1 N–H and O–H groups in total. The summed E-state index contributed by atoms with van der Waals surface area (Å²) in [5, 5.41) is 2.40. The van der Waals surface area contributed by atoms with E-state index in [1.54, 1.807) is 0 Å². The van der Waals surface area contributed by atoms with Crippen molar-refractivity contribution in [3.63, 3.8) is 0 Å². The van der Waals surface area contributed by atoms with Crippen molar-refractivity contribution in [2.75, 3.05) is 6.54 Å². The molecule has 5 nitrogen and oxygen atoms in total. The van der Waals surface area contributed by atoms with Crippen molar-refractivity contribution in [1.29, 1.82) is 0 Å². The number of hydrogen-bond acceptors (Lipinski definition) is 3. The zero-order valence-electron chi connectivity index (χ0n) is 11.8. The Kier molecular flexibility index (Phi) is 3.52. The van der Waals surface area contributed by atoms with E-state index in [0.717, 1.165) is 38.0 Å². The van der Waals surface area contributed by atoms with Gasteiger partial charge in [-0.05, 0) is 31.6 Å². The van der Waals surface area contributed by atoms with Crippen molar-refractivity contribution in [1.82, 2.24) is 10.2 Å². The predicted molar refractivity (Wildman–Crippen MR) is 72.7 cm³/mol. The molecule has 0 atom stereocenters. The van der Waals surface area contributed by atoms with Crippen molar-refractivity contribution >= 4 is 17.8 Å². The van der Waals surface area contributed by atoms with Crippen LogP contribution in [-0.2, 0) is 9.59 Å². The largest absolute Gasteiger partial charge is 0.330 e. The molecule has 2 saturated carbocycles. The maximum atomic E-state index is 12.7. The minimum Gasteiger partial charge on any atom is -0.277 e. The molecule has 3 fully saturated rings. The zero-order valence-corrected chi connectivity index (χ0v) is 11.8. The van der Waals surface area contributed by atoms with Gasteiger partial charge in [0.25, 0.3) is 0 Å². The van der Waals surface area contributed by atoms with E-state index >= 15 is 0 Å². The number of urea groups is 1. The Morgan fingerprint density at radius 1 is 1.10 bits per heavy atom. The molecule has 3 rings (SSSR count). The molecule has 4 amide bonds. The van der Waals surface area contributed by atoms with Gasteiger partial charge in [0.05, 0.1) is 0 Å². The van der Waals surface area contributed by atoms with Crippen molar-refractivity contribution in [3.8, 4) is 0 Å². The van der Waals surface area contributed by atoms with Crippen LogP contribution in [0.1, 0.15) is 57.8 Å². The Hall–Kier alpha value is -1.39. The minimum atomic E-state index is -0.953. The monoisotopic (exact) mass is 278 g/mol. The molecule has 20 heavy (non-hydrogen) atoms. The van der Waals surface area contributed by atoms with E-state index in [2.05, 4.69) is 5.32 Å². The summed E-state index contributed by atoms with van der Waals surface area (Å²) in [7, 11) is 0. The Morgan fingerprint density at radius 3 is 2.45 bits per heavy atom. The van der Waals surface area contributed by atoms with Gasteiger partial charge in [-0.2, -0.15) is 0 Å². The number of hydrogen-bond donors (Lipinski definition) is 1. The van der Waals surface area contributed by atoms with Crippen LogP contribution in [0.5, 0.6) is 0 Å². The standard InChI is InChI=1S/C15H22N2O3/c18-12-15(8-2-1-3-9-15)13(19)17(14(20)16-12)10-4-5-11-6-7-11/h11H,1-10H2,(H,16,18,20). The first-order valence-electron chi connectivity index (χ1n) is 7.81. The zero-order chi connectivity index (χ0) is 14.2. The second-order valence-electron chi connectivity index (χ2n) is 6.44. The van der Waals surface area contributed by atoms with E-state index in [1.165, 1.54) is 17.7 Å². The van der Waals surface area contributed by atoms with Crippen LogP contribution in [0.3, 0.4) is 0 Å². The third-order valence-corrected chi connectivity index (χ3v) is 4.95. The second-order valence-corrected chi connectivity index (χ2v) is 6.44. The number of rotatable bonds is 4. The molecular weight excluding hydrogens is 256 g/mol. The predicted octanol–water partition coefficient (Wildman–Crippen LogP) is 2.21. The molecule has 1 aliphatic heterocycles. The highest BCUT2D eigenvalue weighted by atomic mass is 16.2. The van der Waals surface area contributed by atoms with Gasteiger partial charge in [0, 0.05) is 6.54 Å². The van der Waals surface area contributed by atoms with Gasteiger partial charge >= 0.3 is 6.03 Å². The quantitative estimate of drug-likeness (QED) is 0.802. The molecule has 1 spiro atoms. The Morgan fingerprint density at radius 2 is 1.80 bits per heavy atom. The SMILES string of the molecule is O=C1NC(=O)C2(CCCCC2)C(=O)N1CCCC1CC1. The summed E-state index contributed by atoms with van der Waals surface area (Å²) in [6.45, 7) is 0.455. The molecule has 0 aromatic rings. The van der Waals surface area contributed by atoms with Gasteiger partial charge in [-0.15, -0.1) is 0 Å². The molecule has 3 aliphatic rings. The highest BCUT2D eigenvalue weighted by Gasteiger charge is 2.53. The van der Waals surface area contributed by atoms with Crippen LogP contribution in [0.25, 0.3) is 0 Å². The van der Waals surface area contributed by atoms with Gasteiger partial charge in [-0.25, -0.2) is 4.79 Å². The molecule has 0 bridgehead atoms. The fourth-order valence-corrected chi connectivity index (χ4v) is 3.48. The van der Waals surface area contributed by atoms with Gasteiger partial charge in [-0.3, -0.25) is 19.8 Å². The van der Waals surface area contributed by atoms with E-state index in [9.17, 15) is 14.4 Å². The van der Waals surface area contributed by atoms with Gasteiger partial charge in [0.15, 0.2) is 0 Å². The highest BCUT2D eigenvalue weighted by molar-refractivity contribution is 6.19. The van der Waals surface area contributed by atoms with Crippen LogP contribution < -0.4 is 5.32 Å². The lowest BCUT2D eigenvalue weighted by atomic mass is 9.71. The highest BCUT2D eigenvalue weighted by Crippen LogP contribution is 2.40. The summed E-state index contributed by atoms with van der Waals surface area (Å²) in [5.74, 6) is 0.176. The summed E-state index contributed by atoms with van der Waals surface area (Å²) in [5.41, 5.74) is -0.953. The average Bonchev–Trinajstić information content (AvgIpc) is 3.26. The van der Waals surface area contributed by atoms with Gasteiger partial charge in [0.2, 0.25) is 11.8 Å². The van der Waals surface area contributed by atoms with Gasteiger partial charge < -0.3 is 0 Å². The van der Waals surface area contributed by atoms with Crippen LogP contribution in [0.15, 0.2) is 0 Å². The van der Waals surface area contributed by atoms with Crippen molar-refractivity contribution < 1.29 is 14.4 Å². The molecule has 5 heteroatoms. The number of imide groups is 2. The summed E-state index contributed by atoms with van der Waals surface area (Å²) >= 11 is 0. The maximum Gasteiger partial charge on any atom is 0.330 e. The van der Waals surface area contributed by atoms with Crippen LogP contribution in [0, 0.1) is 11.3 Å². The van der Waals surface area contributed by atoms with E-state index in [1.807, 2.05) is 0 Å². The fourth-order valence-electron chi connectivity index (χ4n) is 3.48. The minimum absolute atomic E-state index is 0.248. The van der Waals surface area contributed by atoms with Crippen molar-refractivity contribution in [2.24, 2.45) is 11.3 Å². The van der Waals surface area contributed by atoms with Crippen molar-refractivity contribution in [2.45, 2.75) is 57.8 Å². The molecular formula is C15H22N2O3. The topological polar surface area (TPSA) is 66.5 Å². The van der Waals surface area contributed by atoms with E-state index in [-0.39, 0.29) is 11.8 Å². The number of nitrogens with one attached hydrogen (secondary N) is 1. The van der Waals surface area contributed by atoms with Crippen molar-refractivity contribution in [3.05, 3.63) is 0 Å². The average molecular weight is 278 g/mol.